The van der Waals surface area contributed by atoms with Crippen LogP contribution in [0, 0.1) is 5.92 Å². The van der Waals surface area contributed by atoms with Gasteiger partial charge in [0.2, 0.25) is 5.91 Å². The first-order chi connectivity index (χ1) is 10.7. The number of carbonyl (C=O) groups excluding carboxylic acids is 1. The van der Waals surface area contributed by atoms with E-state index in [0.29, 0.717) is 25.5 Å². The predicted molar refractivity (Wildman–Crippen MR) is 83.6 cm³/mol. The minimum absolute atomic E-state index is 0.0105. The van der Waals surface area contributed by atoms with Crippen LogP contribution in [0.25, 0.3) is 0 Å². The van der Waals surface area contributed by atoms with Crippen LogP contribution in [0.4, 0.5) is 5.69 Å². The Hall–Kier alpha value is -1.75. The molecule has 1 unspecified atom stereocenters. The number of benzene rings is 1. The molecular weight excluding hydrogens is 282 g/mol. The number of fused-ring (bicyclic) bond motifs is 1. The summed E-state index contributed by atoms with van der Waals surface area (Å²) < 4.78 is 16.8. The van der Waals surface area contributed by atoms with E-state index in [2.05, 4.69) is 5.32 Å². The molecule has 22 heavy (non-hydrogen) atoms. The molecule has 1 atom stereocenters. The Labute approximate surface area is 130 Å². The van der Waals surface area contributed by atoms with Crippen molar-refractivity contribution in [2.45, 2.75) is 39.2 Å². The van der Waals surface area contributed by atoms with E-state index in [0.717, 1.165) is 36.3 Å². The van der Waals surface area contributed by atoms with E-state index >= 15 is 0 Å². The third kappa shape index (κ3) is 3.19. The molecule has 2 aliphatic heterocycles. The molecular formula is C17H23NO4. The van der Waals surface area contributed by atoms with E-state index in [1.54, 1.807) is 0 Å². The molecule has 1 aromatic carbocycles. The summed E-state index contributed by atoms with van der Waals surface area (Å²) in [6.45, 7) is 5.86. The maximum atomic E-state index is 12.4. The first-order valence-corrected chi connectivity index (χ1v) is 8.02. The lowest BCUT2D eigenvalue weighted by atomic mass is 9.99. The van der Waals surface area contributed by atoms with Gasteiger partial charge in [0.15, 0.2) is 0 Å². The first kappa shape index (κ1) is 15.2. The lowest BCUT2D eigenvalue weighted by molar-refractivity contribution is -0.122. The highest BCUT2D eigenvalue weighted by Crippen LogP contribution is 2.38. The minimum Gasteiger partial charge on any atom is -0.492 e. The van der Waals surface area contributed by atoms with Gasteiger partial charge in [-0.3, -0.25) is 4.79 Å². The fourth-order valence-corrected chi connectivity index (χ4v) is 3.01. The van der Waals surface area contributed by atoms with E-state index in [1.165, 1.54) is 0 Å². The van der Waals surface area contributed by atoms with Gasteiger partial charge in [0.1, 0.15) is 17.6 Å². The molecule has 1 N–H and O–H groups in total. The summed E-state index contributed by atoms with van der Waals surface area (Å²) in [5, 5.41) is 3.01. The van der Waals surface area contributed by atoms with Gasteiger partial charge in [-0.25, -0.2) is 0 Å². The van der Waals surface area contributed by atoms with Crippen LogP contribution in [0.1, 0.15) is 32.3 Å². The molecule has 5 nitrogen and oxygen atoms in total. The van der Waals surface area contributed by atoms with E-state index in [-0.39, 0.29) is 17.9 Å². The van der Waals surface area contributed by atoms with Crippen molar-refractivity contribution in [1.82, 2.24) is 0 Å². The summed E-state index contributed by atoms with van der Waals surface area (Å²) in [6.07, 6.45) is 2.59. The summed E-state index contributed by atoms with van der Waals surface area (Å²) in [7, 11) is 0. The molecule has 1 aromatic rings. The summed E-state index contributed by atoms with van der Waals surface area (Å²) in [4.78, 5) is 12.4. The average Bonchev–Trinajstić information content (AvgIpc) is 2.87. The van der Waals surface area contributed by atoms with Gasteiger partial charge in [-0.1, -0.05) is 0 Å². The number of hydrogen-bond donors (Lipinski definition) is 1. The van der Waals surface area contributed by atoms with E-state index < -0.39 is 0 Å². The summed E-state index contributed by atoms with van der Waals surface area (Å²) >= 11 is 0. The normalized spacial score (nSPS) is 21.1. The van der Waals surface area contributed by atoms with Crippen molar-refractivity contribution >= 4 is 11.6 Å². The molecule has 1 saturated heterocycles. The first-order valence-electron chi connectivity index (χ1n) is 8.02. The van der Waals surface area contributed by atoms with Gasteiger partial charge >= 0.3 is 0 Å². The van der Waals surface area contributed by atoms with Crippen molar-refractivity contribution in [3.63, 3.8) is 0 Å². The third-order valence-electron chi connectivity index (χ3n) is 4.15. The summed E-state index contributed by atoms with van der Waals surface area (Å²) in [5.41, 5.74) is 1.84. The van der Waals surface area contributed by atoms with Crippen LogP contribution in [0.15, 0.2) is 12.1 Å². The van der Waals surface area contributed by atoms with E-state index in [4.69, 9.17) is 14.2 Å². The van der Waals surface area contributed by atoms with Crippen molar-refractivity contribution < 1.29 is 19.0 Å². The van der Waals surface area contributed by atoms with Crippen molar-refractivity contribution in [1.29, 1.82) is 0 Å². The molecule has 1 amide bonds. The monoisotopic (exact) mass is 305 g/mol. The minimum atomic E-state index is 0.0105. The van der Waals surface area contributed by atoms with Crippen molar-refractivity contribution in [2.75, 3.05) is 25.1 Å². The van der Waals surface area contributed by atoms with Crippen LogP contribution in [0.5, 0.6) is 11.5 Å². The van der Waals surface area contributed by atoms with Crippen LogP contribution in [-0.4, -0.2) is 31.8 Å². The number of rotatable bonds is 4. The maximum absolute atomic E-state index is 12.4. The van der Waals surface area contributed by atoms with Gasteiger partial charge in [-0.05, 0) is 32.8 Å². The molecule has 2 heterocycles. The molecule has 120 valence electrons. The van der Waals surface area contributed by atoms with Crippen LogP contribution < -0.4 is 14.8 Å². The van der Waals surface area contributed by atoms with Crippen molar-refractivity contribution in [3.8, 4) is 11.5 Å². The van der Waals surface area contributed by atoms with E-state index in [1.807, 2.05) is 26.0 Å². The molecule has 0 radical (unpaired) electrons. The largest absolute Gasteiger partial charge is 0.492 e. The van der Waals surface area contributed by atoms with Gasteiger partial charge in [0, 0.05) is 37.2 Å². The second kappa shape index (κ2) is 6.57. The van der Waals surface area contributed by atoms with Gasteiger partial charge in [0.05, 0.1) is 12.3 Å². The molecule has 1 fully saturated rings. The molecule has 0 aliphatic carbocycles. The Morgan fingerprint density at radius 3 is 2.86 bits per heavy atom. The SMILES string of the molecule is CCOc1cc2c(cc1NC(=O)C1CCOCC1)OC(C)C2. The average molecular weight is 305 g/mol. The summed E-state index contributed by atoms with van der Waals surface area (Å²) in [6, 6.07) is 3.88. The number of hydrogen-bond acceptors (Lipinski definition) is 4. The fourth-order valence-electron chi connectivity index (χ4n) is 3.01. The van der Waals surface area contributed by atoms with Crippen molar-refractivity contribution in [2.24, 2.45) is 5.92 Å². The lowest BCUT2D eigenvalue weighted by Crippen LogP contribution is -2.28. The Morgan fingerprint density at radius 1 is 1.36 bits per heavy atom. The lowest BCUT2D eigenvalue weighted by Gasteiger charge is -2.22. The maximum Gasteiger partial charge on any atom is 0.227 e. The standard InChI is InChI=1S/C17H23NO4/c1-3-21-16-9-13-8-11(2)22-15(13)10-14(16)18-17(19)12-4-6-20-7-5-12/h9-12H,3-8H2,1-2H3,(H,18,19). The predicted octanol–water partition coefficient (Wildman–Crippen LogP) is 2.77. The second-order valence-electron chi connectivity index (χ2n) is 5.90. The van der Waals surface area contributed by atoms with Gasteiger partial charge in [-0.15, -0.1) is 0 Å². The number of anilines is 1. The smallest absolute Gasteiger partial charge is 0.227 e. The summed E-state index contributed by atoms with van der Waals surface area (Å²) in [5.74, 6) is 1.61. The highest BCUT2D eigenvalue weighted by Gasteiger charge is 2.25. The highest BCUT2D eigenvalue weighted by atomic mass is 16.5. The Balaban J connectivity index is 1.79. The number of amides is 1. The zero-order chi connectivity index (χ0) is 15.5. The number of ether oxygens (including phenoxy) is 3. The quantitative estimate of drug-likeness (QED) is 0.929. The molecule has 0 bridgehead atoms. The molecule has 0 saturated carbocycles. The van der Waals surface area contributed by atoms with Crippen molar-refractivity contribution in [3.05, 3.63) is 17.7 Å². The zero-order valence-electron chi connectivity index (χ0n) is 13.2. The third-order valence-corrected chi connectivity index (χ3v) is 4.15. The molecule has 5 heteroatoms. The molecule has 0 aromatic heterocycles. The van der Waals surface area contributed by atoms with Gasteiger partial charge < -0.3 is 19.5 Å². The molecule has 3 rings (SSSR count). The molecule has 0 spiro atoms. The Morgan fingerprint density at radius 2 is 2.14 bits per heavy atom. The van der Waals surface area contributed by atoms with Gasteiger partial charge in [0.25, 0.3) is 0 Å². The topological polar surface area (TPSA) is 56.8 Å². The number of nitrogens with one attached hydrogen (secondary N) is 1. The Kier molecular flexibility index (Phi) is 4.52. The van der Waals surface area contributed by atoms with Crippen LogP contribution in [-0.2, 0) is 16.0 Å². The molecule has 2 aliphatic rings. The van der Waals surface area contributed by atoms with Crippen LogP contribution in [0.3, 0.4) is 0 Å². The van der Waals surface area contributed by atoms with Crippen LogP contribution in [0.2, 0.25) is 0 Å². The van der Waals surface area contributed by atoms with E-state index in [9.17, 15) is 4.79 Å². The fraction of sp³-hybridized carbons (Fsp3) is 0.588. The Bertz CT molecular complexity index is 552. The number of carbonyl (C=O) groups is 1. The van der Waals surface area contributed by atoms with Crippen LogP contribution >= 0.6 is 0 Å². The zero-order valence-corrected chi connectivity index (χ0v) is 13.2. The van der Waals surface area contributed by atoms with Gasteiger partial charge in [-0.2, -0.15) is 0 Å². The highest BCUT2D eigenvalue weighted by molar-refractivity contribution is 5.94. The second-order valence-corrected chi connectivity index (χ2v) is 5.90.